The molecule has 0 fully saturated rings. The van der Waals surface area contributed by atoms with Crippen molar-refractivity contribution in [3.63, 3.8) is 0 Å². The molecule has 4 aromatic rings. The third-order valence-corrected chi connectivity index (χ3v) is 62.6. The van der Waals surface area contributed by atoms with E-state index in [-0.39, 0.29) is 7.25 Å². The van der Waals surface area contributed by atoms with E-state index < -0.39 is 21.5 Å². The van der Waals surface area contributed by atoms with E-state index in [0.29, 0.717) is 0 Å². The molecule has 0 bridgehead atoms. The van der Waals surface area contributed by atoms with Crippen molar-refractivity contribution in [2.24, 2.45) is 0 Å². The summed E-state index contributed by atoms with van der Waals surface area (Å²) in [7, 11) is 24.0. The third kappa shape index (κ3) is 5.43. The summed E-state index contributed by atoms with van der Waals surface area (Å²) < 4.78 is 22.8. The Hall–Kier alpha value is -2.76. The number of halogens is 2. The molecule has 2 atom stereocenters. The van der Waals surface area contributed by atoms with Crippen molar-refractivity contribution in [1.82, 2.24) is 0 Å². The van der Waals surface area contributed by atoms with Crippen molar-refractivity contribution in [1.29, 1.82) is 0 Å². The topological polar surface area (TPSA) is 36.9 Å². The van der Waals surface area contributed by atoms with Gasteiger partial charge in [0.2, 0.25) is 0 Å². The van der Waals surface area contributed by atoms with Crippen LogP contribution >= 0.6 is 17.0 Å². The first-order valence-corrected chi connectivity index (χ1v) is 33.1. The molecule has 0 aromatic heterocycles. The second-order valence-electron chi connectivity index (χ2n) is 13.1. The van der Waals surface area contributed by atoms with Crippen LogP contribution in [0.1, 0.15) is 56.2 Å². The van der Waals surface area contributed by atoms with Crippen LogP contribution in [0.25, 0.3) is 34.4 Å². The van der Waals surface area contributed by atoms with Crippen molar-refractivity contribution in [3.8, 4) is 45.3 Å². The monoisotopic (exact) mass is 777 g/mol. The first-order valence-electron chi connectivity index (χ1n) is 16.7. The van der Waals surface area contributed by atoms with Crippen molar-refractivity contribution in [2.45, 2.75) is 47.0 Å². The summed E-state index contributed by atoms with van der Waals surface area (Å²) in [6.45, 7) is 9.29. The number of hydrogen-bond donors (Lipinski definition) is 0. The average Bonchev–Trinajstić information content (AvgIpc) is 3.71. The first kappa shape index (κ1) is 35.1. The molecule has 0 amide bonds. The van der Waals surface area contributed by atoms with Crippen LogP contribution in [0.3, 0.4) is 0 Å². The summed E-state index contributed by atoms with van der Waals surface area (Å²) in [4.78, 5) is 0. The summed E-state index contributed by atoms with van der Waals surface area (Å²) in [6, 6.07) is 25.3. The zero-order valence-electron chi connectivity index (χ0n) is 29.1. The van der Waals surface area contributed by atoms with Gasteiger partial charge < -0.3 is 0 Å². The van der Waals surface area contributed by atoms with Gasteiger partial charge >= 0.3 is 297 Å². The molecule has 6 rings (SSSR count). The number of benzene rings is 4. The quantitative estimate of drug-likeness (QED) is 0.142. The fraction of sp³-hybridized carbons (Fsp3) is 0.300. The fourth-order valence-corrected chi connectivity index (χ4v) is 40.0. The molecule has 0 heterocycles. The molecule has 0 radical (unpaired) electrons. The molecule has 4 nitrogen and oxygen atoms in total. The van der Waals surface area contributed by atoms with Crippen molar-refractivity contribution in [3.05, 3.63) is 106 Å². The van der Waals surface area contributed by atoms with Crippen LogP contribution in [0.5, 0.6) is 23.0 Å². The molecule has 2 aliphatic carbocycles. The van der Waals surface area contributed by atoms with E-state index in [1.807, 2.05) is 24.3 Å². The molecule has 0 saturated carbocycles. The Balaban J connectivity index is 1.57. The molecular weight excluding hydrogens is 735 g/mol. The molecule has 0 saturated heterocycles. The Morgan fingerprint density at radius 1 is 0.583 bits per heavy atom. The molecule has 251 valence electrons. The molecule has 2 unspecified atom stereocenters. The molecular formula is C40H45Cl2O4SiZr. The van der Waals surface area contributed by atoms with Crippen LogP contribution in [-0.4, -0.2) is 34.4 Å². The van der Waals surface area contributed by atoms with Gasteiger partial charge in [-0.3, -0.25) is 0 Å². The van der Waals surface area contributed by atoms with Crippen LogP contribution < -0.4 is 18.9 Å². The molecule has 0 N–H and O–H groups in total. The molecule has 2 aliphatic rings. The summed E-state index contributed by atoms with van der Waals surface area (Å²) in [5, 5.41) is 0. The zero-order chi connectivity index (χ0) is 34.4. The first-order chi connectivity index (χ1) is 23.0. The van der Waals surface area contributed by atoms with Crippen molar-refractivity contribution in [2.75, 3.05) is 28.4 Å². The zero-order valence-corrected chi connectivity index (χ0v) is 34.2. The van der Waals surface area contributed by atoms with Gasteiger partial charge in [-0.15, -0.1) is 0 Å². The van der Waals surface area contributed by atoms with E-state index >= 15 is 0 Å². The van der Waals surface area contributed by atoms with Crippen LogP contribution in [-0.2, 0) is 15.6 Å². The standard InChI is InChI=1S/2C19H19O2.C2H7Si.2ClH.Zr/c2*1-4-13-10-14-6-5-7-16(18(14)11-13)17-9-8-15(20-2)12-19(17)21-3;1-3-2;;;/h2*5-12H,4H2,1-3H3;3H,1-2H3;2*1H;/q;;;;;+2/p-2. The molecule has 0 spiro atoms. The molecule has 0 aliphatic heterocycles. The summed E-state index contributed by atoms with van der Waals surface area (Å²) in [5.41, 5.74) is 11.9. The SMILES string of the molecule is CCC1=Cc2c(-c3ccc(OC)cc3OC)cccc2[CH]1[Zr]([Cl])([Cl])([CH]1C(CC)=Cc2c(-c3ccc(OC)cc3OC)cccc21)[SiH](C)C. The summed E-state index contributed by atoms with van der Waals surface area (Å²) >= 11 is -4.91. The summed E-state index contributed by atoms with van der Waals surface area (Å²) in [6.07, 6.45) is 6.54. The Labute approximate surface area is 294 Å². The van der Waals surface area contributed by atoms with Crippen LogP contribution in [0.2, 0.25) is 13.1 Å². The van der Waals surface area contributed by atoms with E-state index in [1.165, 1.54) is 33.4 Å². The third-order valence-electron chi connectivity index (χ3n) is 10.7. The average molecular weight is 780 g/mol. The second-order valence-corrected chi connectivity index (χ2v) is 55.6. The van der Waals surface area contributed by atoms with E-state index in [9.17, 15) is 0 Å². The van der Waals surface area contributed by atoms with E-state index in [2.05, 4.69) is 87.6 Å². The number of rotatable bonds is 11. The van der Waals surface area contributed by atoms with Crippen molar-refractivity contribution < 1.29 is 34.5 Å². The predicted octanol–water partition coefficient (Wildman–Crippen LogP) is 11.4. The van der Waals surface area contributed by atoms with Gasteiger partial charge in [0.05, 0.1) is 0 Å². The number of ether oxygens (including phenoxy) is 4. The van der Waals surface area contributed by atoms with Gasteiger partial charge in [0, 0.05) is 0 Å². The van der Waals surface area contributed by atoms with Gasteiger partial charge in [0.15, 0.2) is 0 Å². The van der Waals surface area contributed by atoms with Gasteiger partial charge in [-0.1, -0.05) is 0 Å². The normalized spacial score (nSPS) is 17.6. The van der Waals surface area contributed by atoms with Crippen LogP contribution in [0.15, 0.2) is 83.9 Å². The minimum atomic E-state index is -4.91. The van der Waals surface area contributed by atoms with E-state index in [1.54, 1.807) is 28.4 Å². The predicted molar refractivity (Wildman–Crippen MR) is 203 cm³/mol. The minimum absolute atomic E-state index is 0.00992. The Bertz CT molecular complexity index is 1820. The van der Waals surface area contributed by atoms with Crippen LogP contribution in [0.4, 0.5) is 0 Å². The molecule has 8 heteroatoms. The van der Waals surface area contributed by atoms with Gasteiger partial charge in [-0.05, 0) is 0 Å². The van der Waals surface area contributed by atoms with E-state index in [4.69, 9.17) is 36.0 Å². The number of allylic oxidation sites excluding steroid dienone is 2. The Kier molecular flexibility index (Phi) is 9.88. The van der Waals surface area contributed by atoms with Gasteiger partial charge in [0.1, 0.15) is 0 Å². The number of hydrogen-bond acceptors (Lipinski definition) is 4. The Morgan fingerprint density at radius 3 is 1.33 bits per heavy atom. The maximum atomic E-state index is 8.61. The number of fused-ring (bicyclic) bond motifs is 2. The van der Waals surface area contributed by atoms with Crippen molar-refractivity contribution >= 4 is 35.1 Å². The van der Waals surface area contributed by atoms with E-state index in [0.717, 1.165) is 58.1 Å². The van der Waals surface area contributed by atoms with Gasteiger partial charge in [0.25, 0.3) is 0 Å². The van der Waals surface area contributed by atoms with Crippen LogP contribution in [0, 0.1) is 0 Å². The Morgan fingerprint density at radius 2 is 1.00 bits per heavy atom. The maximum absolute atomic E-state index is 8.61. The number of methoxy groups -OCH3 is 4. The second kappa shape index (κ2) is 13.5. The summed E-state index contributed by atoms with van der Waals surface area (Å²) in [5.74, 6) is 1.38. The van der Waals surface area contributed by atoms with Gasteiger partial charge in [-0.25, -0.2) is 0 Å². The fourth-order valence-electron chi connectivity index (χ4n) is 8.19. The molecule has 4 aromatic carbocycles. The van der Waals surface area contributed by atoms with Gasteiger partial charge in [-0.2, -0.15) is 0 Å². The molecule has 48 heavy (non-hydrogen) atoms.